The first kappa shape index (κ1) is 37.8. The molecule has 0 unspecified atom stereocenters. The maximum absolute atomic E-state index is 10.2. The third kappa shape index (κ3) is 26.7. The maximum atomic E-state index is 10.2. The number of phenolic OH excluding ortho intramolecular Hbond substituents is 1. The highest BCUT2D eigenvalue weighted by molar-refractivity contribution is 5.72. The molecule has 3 nitrogen and oxygen atoms in total. The van der Waals surface area contributed by atoms with Gasteiger partial charge in [-0.1, -0.05) is 99.8 Å². The van der Waals surface area contributed by atoms with Crippen molar-refractivity contribution in [3.63, 3.8) is 0 Å². The molecule has 1 aromatic rings. The predicted octanol–water partition coefficient (Wildman–Crippen LogP) is 10.4. The third-order valence-corrected chi connectivity index (χ3v) is 4.82. The number of hydrogen-bond acceptors (Lipinski definition) is 3. The van der Waals surface area contributed by atoms with Gasteiger partial charge >= 0.3 is 5.97 Å². The SMILES string of the molecule is CC(=O)OC(C)(C)C.CC(C)C.CC(C)C(C)C.CCCC/C=C(/CCC)c1c(C)cccc1O. The van der Waals surface area contributed by atoms with Crippen LogP contribution in [0.1, 0.15) is 133 Å². The van der Waals surface area contributed by atoms with E-state index in [0.717, 1.165) is 42.6 Å². The van der Waals surface area contributed by atoms with Gasteiger partial charge in [-0.15, -0.1) is 0 Å². The summed E-state index contributed by atoms with van der Waals surface area (Å²) in [6.45, 7) is 28.9. The summed E-state index contributed by atoms with van der Waals surface area (Å²) < 4.78 is 4.80. The van der Waals surface area contributed by atoms with Crippen LogP contribution in [0, 0.1) is 24.7 Å². The minimum atomic E-state index is -0.328. The van der Waals surface area contributed by atoms with E-state index in [1.54, 1.807) is 6.07 Å². The van der Waals surface area contributed by atoms with Crippen LogP contribution >= 0.6 is 0 Å². The van der Waals surface area contributed by atoms with Crippen molar-refractivity contribution < 1.29 is 14.6 Å². The Kier molecular flexibility index (Phi) is 23.2. The van der Waals surface area contributed by atoms with E-state index in [9.17, 15) is 9.90 Å². The number of esters is 1. The molecule has 1 rings (SSSR count). The summed E-state index contributed by atoms with van der Waals surface area (Å²) in [7, 11) is 0. The monoisotopic (exact) mass is 492 g/mol. The van der Waals surface area contributed by atoms with Crippen molar-refractivity contribution >= 4 is 11.5 Å². The minimum absolute atomic E-state index is 0.225. The number of allylic oxidation sites excluding steroid dienone is 2. The Bertz CT molecular complexity index is 648. The Hall–Kier alpha value is -1.77. The van der Waals surface area contributed by atoms with Gasteiger partial charge in [0.1, 0.15) is 11.4 Å². The van der Waals surface area contributed by atoms with Crippen molar-refractivity contribution in [1.29, 1.82) is 0 Å². The second-order valence-electron chi connectivity index (χ2n) is 11.5. The molecule has 0 aromatic heterocycles. The highest BCUT2D eigenvalue weighted by Gasteiger charge is 2.12. The molecule has 206 valence electrons. The van der Waals surface area contributed by atoms with Crippen molar-refractivity contribution in [2.45, 2.75) is 135 Å². The average Bonchev–Trinajstić information content (AvgIpc) is 2.66. The molecule has 0 bridgehead atoms. The number of ether oxygens (including phenoxy) is 1. The Morgan fingerprint density at radius 3 is 1.74 bits per heavy atom. The summed E-state index contributed by atoms with van der Waals surface area (Å²) in [5, 5.41) is 10.0. The smallest absolute Gasteiger partial charge is 0.303 e. The van der Waals surface area contributed by atoms with Crippen molar-refractivity contribution in [1.82, 2.24) is 0 Å². The number of rotatable bonds is 7. The summed E-state index contributed by atoms with van der Waals surface area (Å²) in [5.74, 6) is 2.73. The zero-order valence-electron chi connectivity index (χ0n) is 25.8. The minimum Gasteiger partial charge on any atom is -0.507 e. The van der Waals surface area contributed by atoms with Crippen molar-refractivity contribution in [3.8, 4) is 5.75 Å². The first-order valence-corrected chi connectivity index (χ1v) is 13.7. The molecule has 0 aliphatic heterocycles. The fraction of sp³-hybridized carbons (Fsp3) is 0.719. The van der Waals surface area contributed by atoms with Gasteiger partial charge in [-0.3, -0.25) is 4.79 Å². The second-order valence-corrected chi connectivity index (χ2v) is 11.5. The fourth-order valence-corrected chi connectivity index (χ4v) is 2.58. The molecule has 0 aliphatic carbocycles. The number of hydrogen-bond donors (Lipinski definition) is 1. The molecule has 35 heavy (non-hydrogen) atoms. The lowest BCUT2D eigenvalue weighted by Crippen LogP contribution is -2.21. The topological polar surface area (TPSA) is 46.5 Å². The molecule has 1 N–H and O–H groups in total. The van der Waals surface area contributed by atoms with Gasteiger partial charge in [-0.05, 0) is 75.5 Å². The van der Waals surface area contributed by atoms with Crippen molar-refractivity contribution in [3.05, 3.63) is 35.4 Å². The number of aryl methyl sites for hydroxylation is 1. The fourth-order valence-electron chi connectivity index (χ4n) is 2.58. The van der Waals surface area contributed by atoms with Crippen LogP contribution in [0.25, 0.3) is 5.57 Å². The lowest BCUT2D eigenvalue weighted by Gasteiger charge is -2.17. The number of carbonyl (C=O) groups excluding carboxylic acids is 1. The standard InChI is InChI=1S/C16H24O.C6H12O2.C6H14.C4H10/c1-4-6-7-11-14(9-5-2)16-13(3)10-8-12-15(16)17;1-5(7)8-6(2,3)4;1-5(2)6(3)4;1-4(2)3/h8,10-12,17H,4-7,9H2,1-3H3;1-4H3;5-6H,1-4H3;4H,1-3H3/b14-11-;;;. The molecule has 0 radical (unpaired) electrons. The van der Waals surface area contributed by atoms with Crippen LogP contribution < -0.4 is 0 Å². The summed E-state index contributed by atoms with van der Waals surface area (Å²) in [5.41, 5.74) is 3.19. The van der Waals surface area contributed by atoms with Gasteiger partial charge in [0, 0.05) is 12.5 Å². The number of unbranched alkanes of at least 4 members (excludes halogenated alkanes) is 2. The number of benzene rings is 1. The molecule has 0 aliphatic rings. The van der Waals surface area contributed by atoms with Gasteiger partial charge in [0.15, 0.2) is 0 Å². The Balaban J connectivity index is -0.000000471. The van der Waals surface area contributed by atoms with E-state index in [-0.39, 0.29) is 11.6 Å². The maximum Gasteiger partial charge on any atom is 0.303 e. The Morgan fingerprint density at radius 1 is 0.971 bits per heavy atom. The molecule has 0 spiro atoms. The zero-order chi connectivity index (χ0) is 28.2. The Morgan fingerprint density at radius 2 is 1.46 bits per heavy atom. The number of phenols is 1. The molecular formula is C32H60O3. The van der Waals surface area contributed by atoms with Crippen LogP contribution in [-0.2, 0) is 9.53 Å². The first-order chi connectivity index (χ1) is 16.0. The predicted molar refractivity (Wildman–Crippen MR) is 157 cm³/mol. The van der Waals surface area contributed by atoms with Gasteiger partial charge in [0.25, 0.3) is 0 Å². The summed E-state index contributed by atoms with van der Waals surface area (Å²) >= 11 is 0. The molecule has 0 amide bonds. The van der Waals surface area contributed by atoms with Crippen LogP contribution in [-0.4, -0.2) is 16.7 Å². The lowest BCUT2D eigenvalue weighted by molar-refractivity contribution is -0.151. The van der Waals surface area contributed by atoms with E-state index in [4.69, 9.17) is 4.74 Å². The molecule has 3 heteroatoms. The highest BCUT2D eigenvalue weighted by atomic mass is 16.6. The quantitative estimate of drug-likeness (QED) is 0.304. The molecule has 0 saturated heterocycles. The van der Waals surface area contributed by atoms with E-state index in [1.807, 2.05) is 26.8 Å². The van der Waals surface area contributed by atoms with Gasteiger partial charge in [0.05, 0.1) is 0 Å². The summed E-state index contributed by atoms with van der Waals surface area (Å²) in [6.07, 6.45) is 8.01. The molecule has 0 atom stereocenters. The Labute approximate surface area is 219 Å². The highest BCUT2D eigenvalue weighted by Crippen LogP contribution is 2.31. The van der Waals surface area contributed by atoms with Crippen LogP contribution in [0.15, 0.2) is 24.3 Å². The van der Waals surface area contributed by atoms with E-state index in [0.29, 0.717) is 5.75 Å². The number of carbonyl (C=O) groups is 1. The van der Waals surface area contributed by atoms with Gasteiger partial charge in [-0.2, -0.15) is 0 Å². The largest absolute Gasteiger partial charge is 0.507 e. The molecule has 0 fully saturated rings. The van der Waals surface area contributed by atoms with Crippen LogP contribution in [0.2, 0.25) is 0 Å². The van der Waals surface area contributed by atoms with E-state index in [2.05, 4.69) is 81.4 Å². The third-order valence-electron chi connectivity index (χ3n) is 4.82. The first-order valence-electron chi connectivity index (χ1n) is 13.7. The van der Waals surface area contributed by atoms with Gasteiger partial charge < -0.3 is 9.84 Å². The van der Waals surface area contributed by atoms with Gasteiger partial charge in [0.2, 0.25) is 0 Å². The van der Waals surface area contributed by atoms with E-state index < -0.39 is 0 Å². The van der Waals surface area contributed by atoms with E-state index >= 15 is 0 Å². The number of aromatic hydroxyl groups is 1. The summed E-state index contributed by atoms with van der Waals surface area (Å²) in [6, 6.07) is 5.76. The van der Waals surface area contributed by atoms with Crippen LogP contribution in [0.5, 0.6) is 5.75 Å². The molecule has 0 heterocycles. The van der Waals surface area contributed by atoms with Crippen LogP contribution in [0.3, 0.4) is 0 Å². The van der Waals surface area contributed by atoms with Crippen LogP contribution in [0.4, 0.5) is 0 Å². The lowest BCUT2D eigenvalue weighted by atomic mass is 9.95. The molecular weight excluding hydrogens is 432 g/mol. The van der Waals surface area contributed by atoms with Gasteiger partial charge in [-0.25, -0.2) is 0 Å². The second kappa shape index (κ2) is 21.5. The molecule has 0 saturated carbocycles. The normalized spacial score (nSPS) is 11.2. The van der Waals surface area contributed by atoms with Crippen molar-refractivity contribution in [2.24, 2.45) is 17.8 Å². The summed E-state index contributed by atoms with van der Waals surface area (Å²) in [4.78, 5) is 10.2. The van der Waals surface area contributed by atoms with E-state index in [1.165, 1.54) is 30.9 Å². The zero-order valence-corrected chi connectivity index (χ0v) is 25.8. The van der Waals surface area contributed by atoms with Crippen molar-refractivity contribution in [2.75, 3.05) is 0 Å². The average molecular weight is 493 g/mol. The molecule has 1 aromatic carbocycles.